The molecule has 0 atom stereocenters. The molecule has 182 valence electrons. The second-order valence-electron chi connectivity index (χ2n) is 7.94. The van der Waals surface area contributed by atoms with Crippen LogP contribution in [0.4, 0.5) is 16.3 Å². The molecule has 3 aromatic rings. The maximum atomic E-state index is 12.6. The molecular weight excluding hydrogens is 448 g/mol. The Kier molecular flexibility index (Phi) is 7.67. The molecule has 2 heterocycles. The number of hydrogen-bond donors (Lipinski definition) is 1. The third-order valence-electron chi connectivity index (χ3n) is 5.72. The molecule has 1 N–H and O–H groups in total. The summed E-state index contributed by atoms with van der Waals surface area (Å²) in [5.41, 5.74) is 1.99. The number of benzene rings is 2. The third kappa shape index (κ3) is 6.00. The Bertz CT molecular complexity index is 1150. The van der Waals surface area contributed by atoms with E-state index in [2.05, 4.69) is 15.2 Å². The lowest BCUT2D eigenvalue weighted by Gasteiger charge is -2.34. The van der Waals surface area contributed by atoms with Crippen molar-refractivity contribution in [2.24, 2.45) is 0 Å². The van der Waals surface area contributed by atoms with Crippen molar-refractivity contribution in [2.45, 2.75) is 6.61 Å². The Balaban J connectivity index is 1.28. The first-order valence-corrected chi connectivity index (χ1v) is 11.3. The van der Waals surface area contributed by atoms with Crippen molar-refractivity contribution in [2.75, 3.05) is 50.6 Å². The Morgan fingerprint density at radius 3 is 2.31 bits per heavy atom. The molecule has 0 bridgehead atoms. The summed E-state index contributed by atoms with van der Waals surface area (Å²) in [5.74, 6) is 1.55. The lowest BCUT2D eigenvalue weighted by molar-refractivity contribution is 0.0941. The molecule has 1 aliphatic heterocycles. The predicted octanol–water partition coefficient (Wildman–Crippen LogP) is 3.81. The average Bonchev–Trinajstić information content (AvgIpc) is 2.92. The van der Waals surface area contributed by atoms with Crippen LogP contribution in [0.2, 0.25) is 0 Å². The number of rotatable bonds is 7. The number of carbonyl (C=O) groups is 2. The van der Waals surface area contributed by atoms with Gasteiger partial charge in [-0.3, -0.25) is 4.79 Å². The highest BCUT2D eigenvalue weighted by atomic mass is 16.6. The minimum absolute atomic E-state index is 0.262. The fourth-order valence-corrected chi connectivity index (χ4v) is 3.76. The van der Waals surface area contributed by atoms with Gasteiger partial charge < -0.3 is 29.3 Å². The molecule has 2 aromatic carbocycles. The van der Waals surface area contributed by atoms with E-state index in [1.165, 1.54) is 7.11 Å². The van der Waals surface area contributed by atoms with Crippen LogP contribution in [0.15, 0.2) is 66.9 Å². The third-order valence-corrected chi connectivity index (χ3v) is 5.72. The molecule has 1 aromatic heterocycles. The summed E-state index contributed by atoms with van der Waals surface area (Å²) >= 11 is 0. The van der Waals surface area contributed by atoms with Crippen molar-refractivity contribution in [3.8, 4) is 11.5 Å². The van der Waals surface area contributed by atoms with E-state index in [4.69, 9.17) is 14.2 Å². The van der Waals surface area contributed by atoms with Crippen LogP contribution in [-0.4, -0.2) is 62.3 Å². The van der Waals surface area contributed by atoms with Gasteiger partial charge in [-0.1, -0.05) is 30.3 Å². The molecule has 9 nitrogen and oxygen atoms in total. The van der Waals surface area contributed by atoms with Gasteiger partial charge in [-0.05, 0) is 35.9 Å². The lowest BCUT2D eigenvalue weighted by Crippen LogP contribution is -2.49. The Labute approximate surface area is 204 Å². The number of nitrogens with zero attached hydrogens (tertiary/aromatic N) is 3. The fourth-order valence-electron chi connectivity index (χ4n) is 3.76. The van der Waals surface area contributed by atoms with Crippen molar-refractivity contribution in [1.29, 1.82) is 0 Å². The van der Waals surface area contributed by atoms with Crippen molar-refractivity contribution in [1.82, 2.24) is 9.88 Å². The monoisotopic (exact) mass is 476 g/mol. The van der Waals surface area contributed by atoms with Crippen LogP contribution in [0.25, 0.3) is 0 Å². The number of amides is 2. The van der Waals surface area contributed by atoms with Crippen LogP contribution in [0.3, 0.4) is 0 Å². The van der Waals surface area contributed by atoms with Gasteiger partial charge in [0.15, 0.2) is 11.5 Å². The van der Waals surface area contributed by atoms with Gasteiger partial charge in [-0.2, -0.15) is 0 Å². The van der Waals surface area contributed by atoms with E-state index in [1.54, 1.807) is 36.4 Å². The van der Waals surface area contributed by atoms with Crippen molar-refractivity contribution in [3.05, 3.63) is 78.0 Å². The van der Waals surface area contributed by atoms with E-state index in [9.17, 15) is 9.59 Å². The Morgan fingerprint density at radius 1 is 0.914 bits per heavy atom. The van der Waals surface area contributed by atoms with Gasteiger partial charge in [0.1, 0.15) is 12.4 Å². The van der Waals surface area contributed by atoms with Crippen LogP contribution in [-0.2, 0) is 11.3 Å². The number of methoxy groups -OCH3 is 2. The molecule has 1 fully saturated rings. The minimum Gasteiger partial charge on any atom is -0.493 e. The van der Waals surface area contributed by atoms with Crippen LogP contribution in [0.5, 0.6) is 11.5 Å². The number of aromatic nitrogens is 1. The van der Waals surface area contributed by atoms with Gasteiger partial charge in [-0.25, -0.2) is 9.78 Å². The number of carbonyl (C=O) groups excluding carboxylic acids is 2. The van der Waals surface area contributed by atoms with E-state index < -0.39 is 0 Å². The van der Waals surface area contributed by atoms with Crippen LogP contribution >= 0.6 is 0 Å². The highest BCUT2D eigenvalue weighted by molar-refractivity contribution is 6.04. The first-order chi connectivity index (χ1) is 17.1. The van der Waals surface area contributed by atoms with Gasteiger partial charge in [0.25, 0.3) is 5.91 Å². The van der Waals surface area contributed by atoms with E-state index in [0.29, 0.717) is 48.9 Å². The van der Waals surface area contributed by atoms with Crippen molar-refractivity contribution >= 4 is 23.5 Å². The van der Waals surface area contributed by atoms with Gasteiger partial charge >= 0.3 is 6.09 Å². The summed E-state index contributed by atoms with van der Waals surface area (Å²) in [6.45, 7) is 2.65. The molecule has 1 saturated heterocycles. The molecule has 0 spiro atoms. The van der Waals surface area contributed by atoms with Crippen molar-refractivity contribution < 1.29 is 23.8 Å². The average molecular weight is 477 g/mol. The molecule has 2 amide bonds. The second-order valence-corrected chi connectivity index (χ2v) is 7.94. The van der Waals surface area contributed by atoms with Gasteiger partial charge in [-0.15, -0.1) is 0 Å². The van der Waals surface area contributed by atoms with E-state index in [-0.39, 0.29) is 18.6 Å². The molecule has 0 saturated carbocycles. The number of nitrogens with one attached hydrogen (secondary N) is 1. The smallest absolute Gasteiger partial charge is 0.410 e. The number of pyridine rings is 1. The Hall–Kier alpha value is -4.27. The highest BCUT2D eigenvalue weighted by Crippen LogP contribution is 2.28. The summed E-state index contributed by atoms with van der Waals surface area (Å²) in [4.78, 5) is 33.3. The molecule has 0 radical (unpaired) electrons. The van der Waals surface area contributed by atoms with E-state index in [1.807, 2.05) is 42.5 Å². The summed E-state index contributed by atoms with van der Waals surface area (Å²) in [6.07, 6.45) is 1.31. The molecule has 4 rings (SSSR count). The zero-order chi connectivity index (χ0) is 24.6. The molecule has 0 aliphatic carbocycles. The fraction of sp³-hybridized carbons (Fsp3) is 0.269. The summed E-state index contributed by atoms with van der Waals surface area (Å²) < 4.78 is 15.9. The topological polar surface area (TPSA) is 93.2 Å². The van der Waals surface area contributed by atoms with E-state index in [0.717, 1.165) is 11.4 Å². The molecule has 9 heteroatoms. The second kappa shape index (κ2) is 11.2. The maximum absolute atomic E-state index is 12.6. The maximum Gasteiger partial charge on any atom is 0.410 e. The molecule has 0 unspecified atom stereocenters. The number of anilines is 2. The zero-order valence-electron chi connectivity index (χ0n) is 19.8. The van der Waals surface area contributed by atoms with Gasteiger partial charge in [0, 0.05) is 31.7 Å². The zero-order valence-corrected chi connectivity index (χ0v) is 19.8. The molecule has 35 heavy (non-hydrogen) atoms. The lowest BCUT2D eigenvalue weighted by atomic mass is 10.2. The first kappa shape index (κ1) is 23.9. The summed E-state index contributed by atoms with van der Waals surface area (Å²) in [6, 6.07) is 18.3. The molecule has 1 aliphatic rings. The van der Waals surface area contributed by atoms with Gasteiger partial charge in [0.05, 0.1) is 26.1 Å². The summed E-state index contributed by atoms with van der Waals surface area (Å²) in [5, 5.41) is 2.84. The van der Waals surface area contributed by atoms with Crippen LogP contribution < -0.4 is 19.7 Å². The minimum atomic E-state index is -0.310. The SMILES string of the molecule is COc1ccc(C(=O)Nc2ccc(N3CCN(C(=O)OCc4ccccc4)CC3)nc2)cc1OC. The number of hydrogen-bond acceptors (Lipinski definition) is 7. The highest BCUT2D eigenvalue weighted by Gasteiger charge is 2.23. The standard InChI is InChI=1S/C26H28N4O5/c1-33-22-10-8-20(16-23(22)34-2)25(31)28-21-9-11-24(27-17-21)29-12-14-30(15-13-29)26(32)35-18-19-6-4-3-5-7-19/h3-11,16-17H,12-15,18H2,1-2H3,(H,28,31). The summed E-state index contributed by atoms with van der Waals surface area (Å²) in [7, 11) is 3.07. The predicted molar refractivity (Wildman–Crippen MR) is 132 cm³/mol. The van der Waals surface area contributed by atoms with E-state index >= 15 is 0 Å². The normalized spacial score (nSPS) is 13.2. The first-order valence-electron chi connectivity index (χ1n) is 11.3. The van der Waals surface area contributed by atoms with Crippen molar-refractivity contribution in [3.63, 3.8) is 0 Å². The number of piperazine rings is 1. The Morgan fingerprint density at radius 2 is 1.66 bits per heavy atom. The van der Waals surface area contributed by atoms with Crippen LogP contribution in [0, 0.1) is 0 Å². The van der Waals surface area contributed by atoms with Gasteiger partial charge in [0.2, 0.25) is 0 Å². The largest absolute Gasteiger partial charge is 0.493 e. The quantitative estimate of drug-likeness (QED) is 0.554. The molecular formula is C26H28N4O5. The number of ether oxygens (including phenoxy) is 3. The van der Waals surface area contributed by atoms with Crippen LogP contribution in [0.1, 0.15) is 15.9 Å².